The summed E-state index contributed by atoms with van der Waals surface area (Å²) in [5.74, 6) is -0.493. The number of hydrogen-bond donors (Lipinski definition) is 3. The molecular weight excluding hydrogens is 659 g/mol. The second kappa shape index (κ2) is 41.2. The fourth-order valence-electron chi connectivity index (χ4n) is 6.84. The van der Waals surface area contributed by atoms with Gasteiger partial charge in [-0.05, 0) is 44.9 Å². The first-order chi connectivity index (χ1) is 26.0. The van der Waals surface area contributed by atoms with Gasteiger partial charge in [0.15, 0.2) is 0 Å². The van der Waals surface area contributed by atoms with Crippen LogP contribution in [0.1, 0.15) is 226 Å². The molecule has 0 heterocycles. The van der Waals surface area contributed by atoms with E-state index >= 15 is 0 Å². The summed E-state index contributed by atoms with van der Waals surface area (Å²) in [6, 6.07) is -0.703. The minimum absolute atomic E-state index is 0.0665. The third kappa shape index (κ3) is 36.8. The molecule has 310 valence electrons. The van der Waals surface area contributed by atoms with Crippen LogP contribution in [0.3, 0.4) is 0 Å². The highest BCUT2D eigenvalue weighted by Gasteiger charge is 2.24. The summed E-state index contributed by atoms with van der Waals surface area (Å²) in [5, 5.41) is 23.6. The zero-order valence-corrected chi connectivity index (χ0v) is 35.1. The highest BCUT2D eigenvalue weighted by molar-refractivity contribution is 5.77. The molecular formula is C47H87NO5. The maximum atomic E-state index is 13.1. The van der Waals surface area contributed by atoms with Crippen molar-refractivity contribution < 1.29 is 24.5 Å². The summed E-state index contributed by atoms with van der Waals surface area (Å²) in [7, 11) is 0. The summed E-state index contributed by atoms with van der Waals surface area (Å²) >= 11 is 0. The van der Waals surface area contributed by atoms with Crippen molar-refractivity contribution in [1.29, 1.82) is 0 Å². The molecule has 53 heavy (non-hydrogen) atoms. The van der Waals surface area contributed by atoms with Crippen molar-refractivity contribution in [2.24, 2.45) is 0 Å². The standard InChI is InChI=1S/C47H87NO5/c1-4-7-10-13-16-19-21-23-24-27-29-32-35-38-43(53-47(52)40-37-34-31-26-18-15-12-9-6-3)41-46(51)48-44(42-49)45(50)39-36-33-30-28-25-22-20-17-14-11-8-5-2/h7,10,13,16,19,21,43-45,49-50H,4-6,8-9,11-12,14-15,17-18,20,22-42H2,1-3H3,(H,48,51)/b10-7+,16-13+,21-19+. The molecule has 0 bridgehead atoms. The molecule has 0 fully saturated rings. The smallest absolute Gasteiger partial charge is 0.306 e. The third-order valence-corrected chi connectivity index (χ3v) is 10.3. The van der Waals surface area contributed by atoms with E-state index in [9.17, 15) is 19.8 Å². The Morgan fingerprint density at radius 2 is 1.02 bits per heavy atom. The van der Waals surface area contributed by atoms with Gasteiger partial charge in [-0.2, -0.15) is 0 Å². The van der Waals surface area contributed by atoms with Gasteiger partial charge in [0.05, 0.1) is 25.2 Å². The van der Waals surface area contributed by atoms with E-state index in [-0.39, 0.29) is 24.9 Å². The lowest BCUT2D eigenvalue weighted by Crippen LogP contribution is -2.46. The molecule has 0 saturated carbocycles. The first kappa shape index (κ1) is 51.1. The van der Waals surface area contributed by atoms with Gasteiger partial charge in [0.25, 0.3) is 0 Å². The summed E-state index contributed by atoms with van der Waals surface area (Å²) in [4.78, 5) is 25.9. The average Bonchev–Trinajstić information content (AvgIpc) is 3.15. The van der Waals surface area contributed by atoms with Gasteiger partial charge < -0.3 is 20.3 Å². The average molecular weight is 746 g/mol. The Kier molecular flexibility index (Phi) is 39.8. The van der Waals surface area contributed by atoms with E-state index in [1.807, 2.05) is 0 Å². The van der Waals surface area contributed by atoms with Crippen molar-refractivity contribution in [3.05, 3.63) is 36.5 Å². The Morgan fingerprint density at radius 3 is 1.53 bits per heavy atom. The zero-order valence-electron chi connectivity index (χ0n) is 35.1. The van der Waals surface area contributed by atoms with Gasteiger partial charge in [-0.3, -0.25) is 9.59 Å². The molecule has 0 aliphatic carbocycles. The fraction of sp³-hybridized carbons (Fsp3) is 0.830. The first-order valence-electron chi connectivity index (χ1n) is 22.7. The molecule has 3 N–H and O–H groups in total. The van der Waals surface area contributed by atoms with Crippen LogP contribution in [0.5, 0.6) is 0 Å². The second-order valence-corrected chi connectivity index (χ2v) is 15.5. The van der Waals surface area contributed by atoms with Gasteiger partial charge >= 0.3 is 5.97 Å². The number of hydrogen-bond acceptors (Lipinski definition) is 5. The Labute approximate surface area is 328 Å². The van der Waals surface area contributed by atoms with Gasteiger partial charge in [0.2, 0.25) is 5.91 Å². The number of rotatable bonds is 40. The molecule has 3 unspecified atom stereocenters. The number of carbonyl (C=O) groups excluding carboxylic acids is 2. The molecule has 6 nitrogen and oxygen atoms in total. The maximum absolute atomic E-state index is 13.1. The van der Waals surface area contributed by atoms with Crippen molar-refractivity contribution in [3.63, 3.8) is 0 Å². The first-order valence-corrected chi connectivity index (χ1v) is 22.7. The van der Waals surface area contributed by atoms with Crippen LogP contribution in [0.25, 0.3) is 0 Å². The molecule has 0 radical (unpaired) electrons. The zero-order chi connectivity index (χ0) is 38.9. The van der Waals surface area contributed by atoms with E-state index in [0.29, 0.717) is 19.3 Å². The summed E-state index contributed by atoms with van der Waals surface area (Å²) in [6.45, 7) is 6.32. The molecule has 6 heteroatoms. The van der Waals surface area contributed by atoms with E-state index in [4.69, 9.17) is 4.74 Å². The van der Waals surface area contributed by atoms with Crippen LogP contribution in [0.2, 0.25) is 0 Å². The number of ether oxygens (including phenoxy) is 1. The SMILES string of the molecule is CC/C=C/C=C/C=C/CCCCCCCC(CC(=O)NC(CO)C(O)CCCCCCCCCCCCCC)OC(=O)CCCCCCCCCCC. The van der Waals surface area contributed by atoms with Crippen molar-refractivity contribution in [1.82, 2.24) is 5.32 Å². The largest absolute Gasteiger partial charge is 0.462 e. The van der Waals surface area contributed by atoms with Gasteiger partial charge in [-0.1, -0.05) is 205 Å². The molecule has 1 amide bonds. The van der Waals surface area contributed by atoms with E-state index in [0.717, 1.165) is 83.5 Å². The van der Waals surface area contributed by atoms with Crippen LogP contribution < -0.4 is 5.32 Å². The van der Waals surface area contributed by atoms with Gasteiger partial charge in [0, 0.05) is 6.42 Å². The Bertz CT molecular complexity index is 884. The third-order valence-electron chi connectivity index (χ3n) is 10.3. The number of amides is 1. The van der Waals surface area contributed by atoms with Crippen LogP contribution >= 0.6 is 0 Å². The van der Waals surface area contributed by atoms with Crippen molar-refractivity contribution in [3.8, 4) is 0 Å². The second-order valence-electron chi connectivity index (χ2n) is 15.5. The molecule has 0 spiro atoms. The fourth-order valence-corrected chi connectivity index (χ4v) is 6.84. The van der Waals surface area contributed by atoms with Gasteiger partial charge in [-0.15, -0.1) is 0 Å². The van der Waals surface area contributed by atoms with E-state index in [1.54, 1.807) is 0 Å². The Morgan fingerprint density at radius 1 is 0.566 bits per heavy atom. The van der Waals surface area contributed by atoms with Crippen LogP contribution in [0.15, 0.2) is 36.5 Å². The van der Waals surface area contributed by atoms with Crippen LogP contribution in [0.4, 0.5) is 0 Å². The molecule has 0 aromatic heterocycles. The summed E-state index contributed by atoms with van der Waals surface area (Å²) in [5.41, 5.74) is 0. The minimum atomic E-state index is -0.788. The van der Waals surface area contributed by atoms with Crippen molar-refractivity contribution in [2.45, 2.75) is 244 Å². The number of nitrogens with one attached hydrogen (secondary N) is 1. The highest BCUT2D eigenvalue weighted by atomic mass is 16.5. The maximum Gasteiger partial charge on any atom is 0.306 e. The predicted molar refractivity (Wildman–Crippen MR) is 227 cm³/mol. The number of aliphatic hydroxyl groups excluding tert-OH is 2. The van der Waals surface area contributed by atoms with Crippen molar-refractivity contribution in [2.75, 3.05) is 6.61 Å². The lowest BCUT2D eigenvalue weighted by Gasteiger charge is -2.24. The van der Waals surface area contributed by atoms with E-state index < -0.39 is 18.2 Å². The Hall–Kier alpha value is -1.92. The highest BCUT2D eigenvalue weighted by Crippen LogP contribution is 2.17. The molecule has 0 aromatic rings. The number of esters is 1. The monoisotopic (exact) mass is 746 g/mol. The summed E-state index contributed by atoms with van der Waals surface area (Å²) in [6.07, 6.45) is 46.3. The quantitative estimate of drug-likeness (QED) is 0.0330. The van der Waals surface area contributed by atoms with E-state index in [1.165, 1.54) is 96.3 Å². The van der Waals surface area contributed by atoms with Gasteiger partial charge in [0.1, 0.15) is 6.10 Å². The van der Waals surface area contributed by atoms with Crippen molar-refractivity contribution >= 4 is 11.9 Å². The van der Waals surface area contributed by atoms with Crippen LogP contribution in [0, 0.1) is 0 Å². The normalized spacial score (nSPS) is 13.7. The van der Waals surface area contributed by atoms with E-state index in [2.05, 4.69) is 62.5 Å². The van der Waals surface area contributed by atoms with Crippen LogP contribution in [-0.4, -0.2) is 46.9 Å². The minimum Gasteiger partial charge on any atom is -0.462 e. The molecule has 3 atom stereocenters. The molecule has 0 aliphatic heterocycles. The molecule has 0 saturated heterocycles. The summed E-state index contributed by atoms with van der Waals surface area (Å²) < 4.78 is 5.88. The molecule has 0 rings (SSSR count). The number of carbonyl (C=O) groups is 2. The van der Waals surface area contributed by atoms with Crippen LogP contribution in [-0.2, 0) is 14.3 Å². The topological polar surface area (TPSA) is 95.9 Å². The number of aliphatic hydroxyl groups is 2. The lowest BCUT2D eigenvalue weighted by atomic mass is 10.0. The molecule has 0 aromatic carbocycles. The molecule has 0 aliphatic rings. The van der Waals surface area contributed by atoms with Gasteiger partial charge in [-0.25, -0.2) is 0 Å². The Balaban J connectivity index is 4.60. The lowest BCUT2D eigenvalue weighted by molar-refractivity contribution is -0.151. The number of allylic oxidation sites excluding steroid dienone is 6. The number of unbranched alkanes of at least 4 members (excludes halogenated alkanes) is 24. The predicted octanol–water partition coefficient (Wildman–Crippen LogP) is 12.9.